The summed E-state index contributed by atoms with van der Waals surface area (Å²) in [5.74, 6) is -0.368. The van der Waals surface area contributed by atoms with Crippen LogP contribution in [0, 0.1) is 5.82 Å². The zero-order chi connectivity index (χ0) is 14.4. The number of methoxy groups -OCH3 is 1. The minimum atomic E-state index is -0.368. The summed E-state index contributed by atoms with van der Waals surface area (Å²) in [6, 6.07) is 3.44. The first-order valence-electron chi connectivity index (χ1n) is 6.40. The molecule has 0 saturated carbocycles. The molecule has 0 aliphatic heterocycles. The topological polar surface area (TPSA) is 21.3 Å². The lowest BCUT2D eigenvalue weighted by Gasteiger charge is -2.23. The van der Waals surface area contributed by atoms with E-state index >= 15 is 0 Å². The minimum Gasteiger partial charge on any atom is -0.382 e. The van der Waals surface area contributed by atoms with Crippen molar-refractivity contribution < 1.29 is 9.13 Å². The van der Waals surface area contributed by atoms with E-state index in [0.29, 0.717) is 16.5 Å². The van der Waals surface area contributed by atoms with Crippen LogP contribution in [0.1, 0.15) is 38.3 Å². The minimum absolute atomic E-state index is 0.0520. The monoisotopic (exact) mass is 351 g/mol. The first-order chi connectivity index (χ1) is 9.01. The van der Waals surface area contributed by atoms with Crippen molar-refractivity contribution in [2.45, 2.75) is 38.8 Å². The van der Waals surface area contributed by atoms with Crippen LogP contribution in [0.2, 0.25) is 5.02 Å². The van der Waals surface area contributed by atoms with Crippen molar-refractivity contribution in [2.75, 3.05) is 13.7 Å². The van der Waals surface area contributed by atoms with E-state index < -0.39 is 0 Å². The molecule has 0 fully saturated rings. The smallest absolute Gasteiger partial charge is 0.147 e. The standard InChI is InChI=1S/C14H20BrClFNO/c1-4-7-18-12(8-9(2)19-3)10-5-6-11(15)13(16)14(10)17/h5-6,9,12,18H,4,7-8H2,1-3H3. The Kier molecular flexibility index (Phi) is 7.29. The molecule has 0 radical (unpaired) electrons. The Labute approximate surface area is 127 Å². The number of halogens is 3. The lowest BCUT2D eigenvalue weighted by atomic mass is 10.00. The number of hydrogen-bond acceptors (Lipinski definition) is 2. The molecule has 2 nitrogen and oxygen atoms in total. The van der Waals surface area contributed by atoms with Crippen molar-refractivity contribution in [1.82, 2.24) is 5.32 Å². The molecule has 0 saturated heterocycles. The quantitative estimate of drug-likeness (QED) is 0.718. The summed E-state index contributed by atoms with van der Waals surface area (Å²) in [7, 11) is 1.66. The van der Waals surface area contributed by atoms with Crippen LogP contribution >= 0.6 is 27.5 Å². The molecule has 0 aromatic heterocycles. The molecular weight excluding hydrogens is 333 g/mol. The average molecular weight is 353 g/mol. The Bertz CT molecular complexity index is 417. The van der Waals surface area contributed by atoms with E-state index in [1.165, 1.54) is 0 Å². The van der Waals surface area contributed by atoms with E-state index in [9.17, 15) is 4.39 Å². The lowest BCUT2D eigenvalue weighted by molar-refractivity contribution is 0.0999. The highest BCUT2D eigenvalue weighted by Gasteiger charge is 2.20. The van der Waals surface area contributed by atoms with E-state index in [0.717, 1.165) is 13.0 Å². The summed E-state index contributed by atoms with van der Waals surface area (Å²) < 4.78 is 20.1. The first-order valence-corrected chi connectivity index (χ1v) is 7.57. The van der Waals surface area contributed by atoms with Gasteiger partial charge in [-0.1, -0.05) is 24.6 Å². The molecule has 0 bridgehead atoms. The predicted molar refractivity (Wildman–Crippen MR) is 81.2 cm³/mol. The third-order valence-electron chi connectivity index (χ3n) is 3.05. The number of ether oxygens (including phenoxy) is 1. The van der Waals surface area contributed by atoms with Crippen LogP contribution in [0.3, 0.4) is 0 Å². The maximum atomic E-state index is 14.3. The second kappa shape index (κ2) is 8.20. The van der Waals surface area contributed by atoms with E-state index in [1.54, 1.807) is 19.2 Å². The maximum Gasteiger partial charge on any atom is 0.147 e. The first kappa shape index (κ1) is 16.9. The van der Waals surface area contributed by atoms with Crippen LogP contribution < -0.4 is 5.32 Å². The zero-order valence-electron chi connectivity index (χ0n) is 11.5. The highest BCUT2D eigenvalue weighted by molar-refractivity contribution is 9.10. The van der Waals surface area contributed by atoms with Gasteiger partial charge in [0.25, 0.3) is 0 Å². The van der Waals surface area contributed by atoms with Crippen LogP contribution in [0.5, 0.6) is 0 Å². The summed E-state index contributed by atoms with van der Waals surface area (Å²) in [6.45, 7) is 4.88. The predicted octanol–water partition coefficient (Wildman–Crippen LogP) is 4.71. The molecular formula is C14H20BrClFNO. The normalized spacial score (nSPS) is 14.4. The third kappa shape index (κ3) is 4.71. The van der Waals surface area contributed by atoms with E-state index in [2.05, 4.69) is 28.2 Å². The van der Waals surface area contributed by atoms with Gasteiger partial charge >= 0.3 is 0 Å². The van der Waals surface area contributed by atoms with Gasteiger partial charge in [0.1, 0.15) is 5.82 Å². The third-order valence-corrected chi connectivity index (χ3v) is 4.31. The Morgan fingerprint density at radius 1 is 1.47 bits per heavy atom. The van der Waals surface area contributed by atoms with Crippen molar-refractivity contribution in [1.29, 1.82) is 0 Å². The number of hydrogen-bond donors (Lipinski definition) is 1. The fourth-order valence-electron chi connectivity index (χ4n) is 1.88. The molecule has 108 valence electrons. The van der Waals surface area contributed by atoms with Crippen molar-refractivity contribution >= 4 is 27.5 Å². The summed E-state index contributed by atoms with van der Waals surface area (Å²) in [4.78, 5) is 0. The molecule has 0 spiro atoms. The Balaban J connectivity index is 2.99. The molecule has 0 heterocycles. The van der Waals surface area contributed by atoms with Crippen LogP contribution in [0.25, 0.3) is 0 Å². The maximum absolute atomic E-state index is 14.3. The zero-order valence-corrected chi connectivity index (χ0v) is 13.8. The van der Waals surface area contributed by atoms with Crippen molar-refractivity contribution in [3.8, 4) is 0 Å². The lowest BCUT2D eigenvalue weighted by Crippen LogP contribution is -2.27. The summed E-state index contributed by atoms with van der Waals surface area (Å²) in [6.07, 6.45) is 1.74. The van der Waals surface area contributed by atoms with Gasteiger partial charge in [-0.3, -0.25) is 0 Å². The molecule has 19 heavy (non-hydrogen) atoms. The fourth-order valence-corrected chi connectivity index (χ4v) is 2.36. The summed E-state index contributed by atoms with van der Waals surface area (Å²) in [5.41, 5.74) is 0.588. The second-order valence-corrected chi connectivity index (χ2v) is 5.79. The van der Waals surface area contributed by atoms with Gasteiger partial charge in [-0.05, 0) is 48.3 Å². The fraction of sp³-hybridized carbons (Fsp3) is 0.571. The van der Waals surface area contributed by atoms with Crippen LogP contribution in [0.4, 0.5) is 4.39 Å². The molecule has 2 unspecified atom stereocenters. The largest absolute Gasteiger partial charge is 0.382 e. The molecule has 2 atom stereocenters. The molecule has 1 aromatic rings. The van der Waals surface area contributed by atoms with E-state index in [-0.39, 0.29) is 23.0 Å². The molecule has 1 N–H and O–H groups in total. The van der Waals surface area contributed by atoms with Gasteiger partial charge in [0, 0.05) is 23.2 Å². The van der Waals surface area contributed by atoms with Gasteiger partial charge in [-0.2, -0.15) is 0 Å². The Hall–Kier alpha value is -0.160. The van der Waals surface area contributed by atoms with Gasteiger partial charge in [0.15, 0.2) is 0 Å². The van der Waals surface area contributed by atoms with E-state index in [4.69, 9.17) is 16.3 Å². The Morgan fingerprint density at radius 3 is 2.74 bits per heavy atom. The molecule has 0 aliphatic rings. The molecule has 1 rings (SSSR count). The van der Waals surface area contributed by atoms with Crippen LogP contribution in [0.15, 0.2) is 16.6 Å². The van der Waals surface area contributed by atoms with Crippen LogP contribution in [-0.2, 0) is 4.74 Å². The number of nitrogens with one attached hydrogen (secondary N) is 1. The van der Waals surface area contributed by atoms with Gasteiger partial charge in [-0.25, -0.2) is 4.39 Å². The number of benzene rings is 1. The van der Waals surface area contributed by atoms with Gasteiger partial charge in [-0.15, -0.1) is 0 Å². The van der Waals surface area contributed by atoms with E-state index in [1.807, 2.05) is 6.92 Å². The SMILES string of the molecule is CCCNC(CC(C)OC)c1ccc(Br)c(Cl)c1F. The van der Waals surface area contributed by atoms with Crippen LogP contribution in [-0.4, -0.2) is 19.8 Å². The van der Waals surface area contributed by atoms with Crippen molar-refractivity contribution in [3.63, 3.8) is 0 Å². The van der Waals surface area contributed by atoms with Gasteiger partial charge in [0.05, 0.1) is 11.1 Å². The highest BCUT2D eigenvalue weighted by Crippen LogP contribution is 2.32. The average Bonchev–Trinajstić information content (AvgIpc) is 2.41. The van der Waals surface area contributed by atoms with Crippen molar-refractivity contribution in [3.05, 3.63) is 33.0 Å². The Morgan fingerprint density at radius 2 is 2.16 bits per heavy atom. The molecule has 0 amide bonds. The van der Waals surface area contributed by atoms with Crippen molar-refractivity contribution in [2.24, 2.45) is 0 Å². The molecule has 1 aromatic carbocycles. The molecule has 5 heteroatoms. The summed E-state index contributed by atoms with van der Waals surface area (Å²) >= 11 is 9.18. The number of rotatable bonds is 7. The molecule has 0 aliphatic carbocycles. The summed E-state index contributed by atoms with van der Waals surface area (Å²) in [5, 5.41) is 3.47. The van der Waals surface area contributed by atoms with Gasteiger partial charge < -0.3 is 10.1 Å². The van der Waals surface area contributed by atoms with Gasteiger partial charge in [0.2, 0.25) is 0 Å². The highest BCUT2D eigenvalue weighted by atomic mass is 79.9. The second-order valence-electron chi connectivity index (χ2n) is 4.55.